The summed E-state index contributed by atoms with van der Waals surface area (Å²) in [5.41, 5.74) is 0. The average Bonchev–Trinajstić information content (AvgIpc) is 2.90. The third kappa shape index (κ3) is 16.4. The van der Waals surface area contributed by atoms with E-state index < -0.39 is 0 Å². The standard InChI is InChI=1S/C9H19N.3C2H6/c1-2-7-10-8-9-5-3-4-6-9;3*1-2/h9-10H,2-8H2,1H3;3*1-2H3. The molecule has 0 spiro atoms. The first-order valence-corrected chi connectivity index (χ1v) is 7.64. The second-order valence-electron chi connectivity index (χ2n) is 3.35. The summed E-state index contributed by atoms with van der Waals surface area (Å²) in [5.74, 6) is 1.01. The van der Waals surface area contributed by atoms with Gasteiger partial charge >= 0.3 is 0 Å². The van der Waals surface area contributed by atoms with Gasteiger partial charge in [0.05, 0.1) is 0 Å². The summed E-state index contributed by atoms with van der Waals surface area (Å²) >= 11 is 0. The quantitative estimate of drug-likeness (QED) is 0.651. The van der Waals surface area contributed by atoms with Crippen LogP contribution in [0.5, 0.6) is 0 Å². The highest BCUT2D eigenvalue weighted by molar-refractivity contribution is 4.68. The fourth-order valence-electron chi connectivity index (χ4n) is 1.70. The van der Waals surface area contributed by atoms with E-state index in [1.807, 2.05) is 41.5 Å². The molecule has 0 aromatic heterocycles. The van der Waals surface area contributed by atoms with Crippen LogP contribution in [0.25, 0.3) is 0 Å². The number of rotatable bonds is 4. The monoisotopic (exact) mass is 231 g/mol. The molecule has 0 bridgehead atoms. The molecule has 0 saturated heterocycles. The summed E-state index contributed by atoms with van der Waals surface area (Å²) in [7, 11) is 0. The number of hydrogen-bond donors (Lipinski definition) is 1. The van der Waals surface area contributed by atoms with Crippen molar-refractivity contribution < 1.29 is 0 Å². The van der Waals surface area contributed by atoms with Gasteiger partial charge in [0.1, 0.15) is 0 Å². The second-order valence-corrected chi connectivity index (χ2v) is 3.35. The molecule has 0 unspecified atom stereocenters. The van der Waals surface area contributed by atoms with Gasteiger partial charge < -0.3 is 5.32 Å². The molecule has 16 heavy (non-hydrogen) atoms. The van der Waals surface area contributed by atoms with Crippen LogP contribution in [0.3, 0.4) is 0 Å². The third-order valence-electron chi connectivity index (χ3n) is 2.33. The molecule has 1 fully saturated rings. The van der Waals surface area contributed by atoms with Crippen LogP contribution in [0.2, 0.25) is 0 Å². The highest BCUT2D eigenvalue weighted by Crippen LogP contribution is 2.23. The minimum atomic E-state index is 1.01. The third-order valence-corrected chi connectivity index (χ3v) is 2.33. The molecule has 1 nitrogen and oxygen atoms in total. The highest BCUT2D eigenvalue weighted by Gasteiger charge is 2.13. The molecule has 1 rings (SSSR count). The molecule has 0 aromatic rings. The lowest BCUT2D eigenvalue weighted by atomic mass is 10.1. The molecule has 1 heteroatoms. The SMILES string of the molecule is CC.CC.CC.CCCNCC1CCCC1. The van der Waals surface area contributed by atoms with Crippen molar-refractivity contribution in [2.75, 3.05) is 13.1 Å². The minimum absolute atomic E-state index is 1.01. The summed E-state index contributed by atoms with van der Waals surface area (Å²) in [6.45, 7) is 16.7. The van der Waals surface area contributed by atoms with E-state index in [9.17, 15) is 0 Å². The van der Waals surface area contributed by atoms with E-state index in [0.717, 1.165) is 5.92 Å². The largest absolute Gasteiger partial charge is 0.316 e. The lowest BCUT2D eigenvalue weighted by Crippen LogP contribution is -2.21. The molecule has 0 aliphatic heterocycles. The minimum Gasteiger partial charge on any atom is -0.316 e. The Balaban J connectivity index is -0.000000245. The van der Waals surface area contributed by atoms with Gasteiger partial charge in [0.2, 0.25) is 0 Å². The molecule has 0 heterocycles. The van der Waals surface area contributed by atoms with Crippen molar-refractivity contribution in [3.8, 4) is 0 Å². The maximum atomic E-state index is 3.48. The van der Waals surface area contributed by atoms with Crippen molar-refractivity contribution in [2.45, 2.75) is 80.6 Å². The molecule has 1 aliphatic rings. The van der Waals surface area contributed by atoms with E-state index in [1.165, 1.54) is 45.2 Å². The smallest absolute Gasteiger partial charge is 0.00205 e. The molecule has 102 valence electrons. The average molecular weight is 231 g/mol. The Bertz CT molecular complexity index is 75.5. The van der Waals surface area contributed by atoms with Crippen LogP contribution in [-0.4, -0.2) is 13.1 Å². The fourth-order valence-corrected chi connectivity index (χ4v) is 1.70. The van der Waals surface area contributed by atoms with Gasteiger partial charge in [-0.15, -0.1) is 0 Å². The molecule has 1 N–H and O–H groups in total. The zero-order chi connectivity index (χ0) is 13.2. The zero-order valence-electron chi connectivity index (χ0n) is 13.0. The molecule has 0 aromatic carbocycles. The number of nitrogens with one attached hydrogen (secondary N) is 1. The van der Waals surface area contributed by atoms with Crippen molar-refractivity contribution in [3.63, 3.8) is 0 Å². The van der Waals surface area contributed by atoms with E-state index in [-0.39, 0.29) is 0 Å². The Kier molecular flexibility index (Phi) is 32.3. The van der Waals surface area contributed by atoms with E-state index in [2.05, 4.69) is 12.2 Å². The van der Waals surface area contributed by atoms with Gasteiger partial charge in [-0.2, -0.15) is 0 Å². The normalized spacial score (nSPS) is 13.7. The van der Waals surface area contributed by atoms with Crippen molar-refractivity contribution >= 4 is 0 Å². The van der Waals surface area contributed by atoms with Gasteiger partial charge in [-0.05, 0) is 38.3 Å². The van der Waals surface area contributed by atoms with Crippen molar-refractivity contribution in [1.82, 2.24) is 5.32 Å². The van der Waals surface area contributed by atoms with Gasteiger partial charge in [-0.3, -0.25) is 0 Å². The topological polar surface area (TPSA) is 12.0 Å². The first-order chi connectivity index (χ1) is 7.93. The van der Waals surface area contributed by atoms with Crippen LogP contribution in [0.15, 0.2) is 0 Å². The summed E-state index contributed by atoms with van der Waals surface area (Å²) in [4.78, 5) is 0. The molecule has 1 saturated carbocycles. The Labute approximate surface area is 105 Å². The lowest BCUT2D eigenvalue weighted by Gasteiger charge is -2.08. The van der Waals surface area contributed by atoms with E-state index in [0.29, 0.717) is 0 Å². The zero-order valence-corrected chi connectivity index (χ0v) is 13.0. The van der Waals surface area contributed by atoms with E-state index in [1.54, 1.807) is 0 Å². The fraction of sp³-hybridized carbons (Fsp3) is 1.00. The summed E-state index contributed by atoms with van der Waals surface area (Å²) in [6, 6.07) is 0. The Morgan fingerprint density at radius 2 is 1.31 bits per heavy atom. The van der Waals surface area contributed by atoms with Crippen LogP contribution >= 0.6 is 0 Å². The van der Waals surface area contributed by atoms with Crippen molar-refractivity contribution in [3.05, 3.63) is 0 Å². The van der Waals surface area contributed by atoms with Gasteiger partial charge in [0.15, 0.2) is 0 Å². The summed E-state index contributed by atoms with van der Waals surface area (Å²) in [6.07, 6.45) is 7.15. The van der Waals surface area contributed by atoms with Crippen LogP contribution < -0.4 is 5.32 Å². The molecule has 0 amide bonds. The molecule has 0 atom stereocenters. The summed E-state index contributed by atoms with van der Waals surface area (Å²) < 4.78 is 0. The molecule has 1 aliphatic carbocycles. The molecular weight excluding hydrogens is 194 g/mol. The van der Waals surface area contributed by atoms with Gasteiger partial charge in [0, 0.05) is 0 Å². The van der Waals surface area contributed by atoms with Gasteiger partial charge in [-0.25, -0.2) is 0 Å². The van der Waals surface area contributed by atoms with Crippen LogP contribution in [-0.2, 0) is 0 Å². The molecule has 0 radical (unpaired) electrons. The predicted octanol–water partition coefficient (Wildman–Crippen LogP) is 5.25. The predicted molar refractivity (Wildman–Crippen MR) is 79.2 cm³/mol. The first kappa shape index (κ1) is 21.3. The van der Waals surface area contributed by atoms with Crippen LogP contribution in [0, 0.1) is 5.92 Å². The van der Waals surface area contributed by atoms with E-state index in [4.69, 9.17) is 0 Å². The second kappa shape index (κ2) is 24.3. The first-order valence-electron chi connectivity index (χ1n) is 7.64. The highest BCUT2D eigenvalue weighted by atomic mass is 14.8. The maximum Gasteiger partial charge on any atom is -0.00205 e. The van der Waals surface area contributed by atoms with E-state index >= 15 is 0 Å². The van der Waals surface area contributed by atoms with Crippen LogP contribution in [0.4, 0.5) is 0 Å². The Morgan fingerprint density at radius 1 is 0.875 bits per heavy atom. The van der Waals surface area contributed by atoms with Crippen molar-refractivity contribution in [1.29, 1.82) is 0 Å². The molecular formula is C15H37N. The van der Waals surface area contributed by atoms with Crippen LogP contribution in [0.1, 0.15) is 80.6 Å². The Hall–Kier alpha value is -0.0400. The maximum absolute atomic E-state index is 3.48. The number of hydrogen-bond acceptors (Lipinski definition) is 1. The summed E-state index contributed by atoms with van der Waals surface area (Å²) in [5, 5.41) is 3.48. The Morgan fingerprint density at radius 3 is 1.69 bits per heavy atom. The van der Waals surface area contributed by atoms with Gasteiger partial charge in [0.25, 0.3) is 0 Å². The lowest BCUT2D eigenvalue weighted by molar-refractivity contribution is 0.489. The van der Waals surface area contributed by atoms with Gasteiger partial charge in [-0.1, -0.05) is 61.3 Å². The van der Waals surface area contributed by atoms with Crippen molar-refractivity contribution in [2.24, 2.45) is 5.92 Å².